The van der Waals surface area contributed by atoms with E-state index in [9.17, 15) is 9.59 Å². The molecule has 20 heavy (non-hydrogen) atoms. The predicted molar refractivity (Wildman–Crippen MR) is 75.2 cm³/mol. The topological polar surface area (TPSA) is 72.2 Å². The van der Waals surface area contributed by atoms with Crippen LogP contribution in [0.3, 0.4) is 0 Å². The van der Waals surface area contributed by atoms with Crippen LogP contribution in [0.2, 0.25) is 0 Å². The molecular formula is C15H16N2O3. The van der Waals surface area contributed by atoms with Crippen LogP contribution in [0.1, 0.15) is 33.0 Å². The van der Waals surface area contributed by atoms with E-state index in [1.165, 1.54) is 6.07 Å². The maximum Gasteiger partial charge on any atom is 0.335 e. The van der Waals surface area contributed by atoms with E-state index in [1.54, 1.807) is 36.6 Å². The van der Waals surface area contributed by atoms with Crippen molar-refractivity contribution in [2.24, 2.45) is 0 Å². The van der Waals surface area contributed by atoms with Crippen LogP contribution in [0, 0.1) is 20.8 Å². The van der Waals surface area contributed by atoms with Crippen LogP contribution in [0.5, 0.6) is 0 Å². The number of carboxylic acids is 1. The summed E-state index contributed by atoms with van der Waals surface area (Å²) in [4.78, 5) is 27.2. The molecule has 0 radical (unpaired) electrons. The van der Waals surface area contributed by atoms with Gasteiger partial charge in [0.1, 0.15) is 5.82 Å². The number of hydrogen-bond acceptors (Lipinski definition) is 3. The number of carbonyl (C=O) groups is 1. The minimum atomic E-state index is -0.954. The third-order valence-corrected chi connectivity index (χ3v) is 3.25. The van der Waals surface area contributed by atoms with Crippen molar-refractivity contribution in [2.45, 2.75) is 27.3 Å². The number of nitrogens with zero attached hydrogens (tertiary/aromatic N) is 2. The lowest BCUT2D eigenvalue weighted by Gasteiger charge is -2.12. The molecule has 1 aromatic carbocycles. The molecule has 0 spiro atoms. The second-order valence-electron chi connectivity index (χ2n) is 4.82. The minimum Gasteiger partial charge on any atom is -0.478 e. The summed E-state index contributed by atoms with van der Waals surface area (Å²) in [7, 11) is 0. The lowest BCUT2D eigenvalue weighted by Crippen LogP contribution is -2.24. The molecule has 1 aromatic heterocycles. The van der Waals surface area contributed by atoms with Crippen LogP contribution in [0.15, 0.2) is 29.1 Å². The van der Waals surface area contributed by atoms with Crippen LogP contribution in [-0.2, 0) is 6.54 Å². The Morgan fingerprint density at radius 1 is 1.25 bits per heavy atom. The summed E-state index contributed by atoms with van der Waals surface area (Å²) in [6, 6.07) is 6.39. The van der Waals surface area contributed by atoms with Crippen molar-refractivity contribution < 1.29 is 9.90 Å². The van der Waals surface area contributed by atoms with Crippen LogP contribution >= 0.6 is 0 Å². The molecule has 0 atom stereocenters. The second-order valence-corrected chi connectivity index (χ2v) is 4.82. The van der Waals surface area contributed by atoms with Crippen molar-refractivity contribution in [3.8, 4) is 0 Å². The summed E-state index contributed by atoms with van der Waals surface area (Å²) < 4.78 is 1.58. The highest BCUT2D eigenvalue weighted by Crippen LogP contribution is 2.13. The van der Waals surface area contributed by atoms with Crippen LogP contribution in [-0.4, -0.2) is 20.6 Å². The summed E-state index contributed by atoms with van der Waals surface area (Å²) in [5.74, 6) is -0.304. The van der Waals surface area contributed by atoms with Gasteiger partial charge in [-0.2, -0.15) is 0 Å². The molecule has 2 aromatic rings. The second kappa shape index (κ2) is 5.28. The molecular weight excluding hydrogens is 256 g/mol. The van der Waals surface area contributed by atoms with Gasteiger partial charge in [-0.1, -0.05) is 6.07 Å². The van der Waals surface area contributed by atoms with Gasteiger partial charge in [-0.25, -0.2) is 9.78 Å². The van der Waals surface area contributed by atoms with E-state index >= 15 is 0 Å². The van der Waals surface area contributed by atoms with E-state index in [1.807, 2.05) is 6.92 Å². The molecule has 0 aliphatic rings. The van der Waals surface area contributed by atoms with Gasteiger partial charge in [0, 0.05) is 11.8 Å². The summed E-state index contributed by atoms with van der Waals surface area (Å²) in [5, 5.41) is 8.94. The maximum atomic E-state index is 12.0. The van der Waals surface area contributed by atoms with Crippen molar-refractivity contribution in [2.75, 3.05) is 0 Å². The van der Waals surface area contributed by atoms with Gasteiger partial charge in [0.25, 0.3) is 5.56 Å². The fourth-order valence-electron chi connectivity index (χ4n) is 2.13. The van der Waals surface area contributed by atoms with Gasteiger partial charge in [0.15, 0.2) is 0 Å². The Labute approximate surface area is 116 Å². The zero-order chi connectivity index (χ0) is 14.9. The molecule has 0 unspecified atom stereocenters. The first-order valence-electron chi connectivity index (χ1n) is 6.26. The highest BCUT2D eigenvalue weighted by molar-refractivity contribution is 5.87. The van der Waals surface area contributed by atoms with Gasteiger partial charge in [-0.05, 0) is 44.0 Å². The van der Waals surface area contributed by atoms with Gasteiger partial charge < -0.3 is 5.11 Å². The Balaban J connectivity index is 2.41. The number of rotatable bonds is 3. The minimum absolute atomic E-state index is 0.100. The van der Waals surface area contributed by atoms with Crippen molar-refractivity contribution in [3.05, 3.63) is 62.8 Å². The van der Waals surface area contributed by atoms with E-state index in [2.05, 4.69) is 4.98 Å². The molecule has 0 bridgehead atoms. The summed E-state index contributed by atoms with van der Waals surface area (Å²) in [5.41, 5.74) is 2.60. The smallest absolute Gasteiger partial charge is 0.335 e. The Bertz CT molecular complexity index is 732. The van der Waals surface area contributed by atoms with Crippen molar-refractivity contribution in [1.82, 2.24) is 9.55 Å². The largest absolute Gasteiger partial charge is 0.478 e. The first-order chi connectivity index (χ1) is 9.38. The SMILES string of the molecule is Cc1cc(=O)n(Cc2ccc(C(=O)O)cc2C)c(C)n1. The van der Waals surface area contributed by atoms with E-state index in [0.29, 0.717) is 18.1 Å². The number of aromatic carboxylic acids is 1. The fraction of sp³-hybridized carbons (Fsp3) is 0.267. The number of hydrogen-bond donors (Lipinski definition) is 1. The summed E-state index contributed by atoms with van der Waals surface area (Å²) >= 11 is 0. The zero-order valence-electron chi connectivity index (χ0n) is 11.7. The van der Waals surface area contributed by atoms with Crippen molar-refractivity contribution >= 4 is 5.97 Å². The molecule has 0 saturated carbocycles. The monoisotopic (exact) mass is 272 g/mol. The lowest BCUT2D eigenvalue weighted by atomic mass is 10.0. The molecule has 0 amide bonds. The molecule has 0 saturated heterocycles. The molecule has 1 N–H and O–H groups in total. The Hall–Kier alpha value is -2.43. The number of aryl methyl sites for hydroxylation is 3. The third-order valence-electron chi connectivity index (χ3n) is 3.25. The molecule has 2 rings (SSSR count). The van der Waals surface area contributed by atoms with E-state index in [4.69, 9.17) is 5.11 Å². The van der Waals surface area contributed by atoms with Crippen LogP contribution < -0.4 is 5.56 Å². The average molecular weight is 272 g/mol. The van der Waals surface area contributed by atoms with Gasteiger partial charge in [-0.3, -0.25) is 9.36 Å². The molecule has 0 aliphatic carbocycles. The molecule has 0 aliphatic heterocycles. The van der Waals surface area contributed by atoms with E-state index in [-0.39, 0.29) is 11.1 Å². The average Bonchev–Trinajstić information content (AvgIpc) is 2.34. The van der Waals surface area contributed by atoms with E-state index < -0.39 is 5.97 Å². The maximum absolute atomic E-state index is 12.0. The molecule has 1 heterocycles. The Kier molecular flexibility index (Phi) is 3.70. The highest BCUT2D eigenvalue weighted by atomic mass is 16.4. The van der Waals surface area contributed by atoms with Gasteiger partial charge in [-0.15, -0.1) is 0 Å². The number of aromatic nitrogens is 2. The summed E-state index contributed by atoms with van der Waals surface area (Å²) in [6.07, 6.45) is 0. The molecule has 5 nitrogen and oxygen atoms in total. The predicted octanol–water partition coefficient (Wildman–Crippen LogP) is 1.92. The third kappa shape index (κ3) is 2.77. The van der Waals surface area contributed by atoms with E-state index in [0.717, 1.165) is 11.1 Å². The first kappa shape index (κ1) is 14.0. The lowest BCUT2D eigenvalue weighted by molar-refractivity contribution is 0.0697. The van der Waals surface area contributed by atoms with Crippen LogP contribution in [0.25, 0.3) is 0 Å². The number of carboxylic acid groups (broad SMARTS) is 1. The number of benzene rings is 1. The highest BCUT2D eigenvalue weighted by Gasteiger charge is 2.09. The van der Waals surface area contributed by atoms with Gasteiger partial charge in [0.05, 0.1) is 12.1 Å². The van der Waals surface area contributed by atoms with Crippen molar-refractivity contribution in [1.29, 1.82) is 0 Å². The molecule has 5 heteroatoms. The summed E-state index contributed by atoms with van der Waals surface area (Å²) in [6.45, 7) is 5.80. The van der Waals surface area contributed by atoms with Gasteiger partial charge >= 0.3 is 5.97 Å². The van der Waals surface area contributed by atoms with Crippen LogP contribution in [0.4, 0.5) is 0 Å². The van der Waals surface area contributed by atoms with Crippen molar-refractivity contribution in [3.63, 3.8) is 0 Å². The van der Waals surface area contributed by atoms with Gasteiger partial charge in [0.2, 0.25) is 0 Å². The quantitative estimate of drug-likeness (QED) is 0.926. The fourth-order valence-corrected chi connectivity index (χ4v) is 2.13. The first-order valence-corrected chi connectivity index (χ1v) is 6.26. The standard InChI is InChI=1S/C15H16N2O3/c1-9-6-12(15(19)20)4-5-13(9)8-17-11(3)16-10(2)7-14(17)18/h4-7H,8H2,1-3H3,(H,19,20). The Morgan fingerprint density at radius 3 is 2.50 bits per heavy atom. The Morgan fingerprint density at radius 2 is 1.95 bits per heavy atom. The normalized spacial score (nSPS) is 10.6. The zero-order valence-corrected chi connectivity index (χ0v) is 11.7. The molecule has 104 valence electrons. The molecule has 0 fully saturated rings.